The van der Waals surface area contributed by atoms with Gasteiger partial charge in [-0.3, -0.25) is 28.8 Å². The van der Waals surface area contributed by atoms with Crippen LogP contribution in [0.25, 0.3) is 0 Å². The summed E-state index contributed by atoms with van der Waals surface area (Å²) in [5.74, 6) is -3.04. The second-order valence-electron chi connectivity index (χ2n) is 14.3. The number of carboxylic acids is 2. The van der Waals surface area contributed by atoms with Crippen LogP contribution in [0.2, 0.25) is 0 Å². The molecule has 0 aliphatic rings. The van der Waals surface area contributed by atoms with Gasteiger partial charge in [-0.15, -0.1) is 0 Å². The highest BCUT2D eigenvalue weighted by molar-refractivity contribution is 9.09. The average molecular weight is 958 g/mol. The predicted molar refractivity (Wildman–Crippen MR) is 229 cm³/mol. The van der Waals surface area contributed by atoms with Crippen LogP contribution in [0.4, 0.5) is 0 Å². The number of carbonyl (C=O) groups is 7. The fourth-order valence-electron chi connectivity index (χ4n) is 5.94. The summed E-state index contributed by atoms with van der Waals surface area (Å²) < 4.78 is 10.9. The van der Waals surface area contributed by atoms with Gasteiger partial charge < -0.3 is 46.3 Å². The molecule has 0 rings (SSSR count). The van der Waals surface area contributed by atoms with E-state index in [1.54, 1.807) is 0 Å². The van der Waals surface area contributed by atoms with Gasteiger partial charge in [0.2, 0.25) is 29.5 Å². The van der Waals surface area contributed by atoms with Gasteiger partial charge in [0.15, 0.2) is 0 Å². The molecule has 7 N–H and O–H groups in total. The number of carboxylic acid groups (broad SMARTS) is 2. The van der Waals surface area contributed by atoms with Crippen molar-refractivity contribution in [3.8, 4) is 0 Å². The molecule has 0 aromatic carbocycles. The van der Waals surface area contributed by atoms with E-state index in [0.29, 0.717) is 45.2 Å². The topological polar surface area (TPSA) is 239 Å². The summed E-state index contributed by atoms with van der Waals surface area (Å²) in [7, 11) is 0. The average Bonchev–Trinajstić information content (AvgIpc) is 3.19. The van der Waals surface area contributed by atoms with Gasteiger partial charge in [-0.2, -0.15) is 0 Å². The Kier molecular flexibility index (Phi) is 37.7. The summed E-state index contributed by atoms with van der Waals surface area (Å²) in [6.45, 7) is 1.96. The van der Waals surface area contributed by atoms with Gasteiger partial charge in [-0.25, -0.2) is 4.79 Å². The molecule has 5 amide bonds. The third kappa shape index (κ3) is 36.3. The van der Waals surface area contributed by atoms with Crippen molar-refractivity contribution in [3.05, 3.63) is 0 Å². The minimum absolute atomic E-state index is 0.0622. The first-order valence-electron chi connectivity index (χ1n) is 21.1. The molecule has 0 saturated carbocycles. The Morgan fingerprint density at radius 2 is 0.914 bits per heavy atom. The molecule has 0 aliphatic carbocycles. The number of unbranched alkanes of at least 4 members (excludes halogenated alkanes) is 14. The third-order valence-corrected chi connectivity index (χ3v) is 10.2. The van der Waals surface area contributed by atoms with Crippen molar-refractivity contribution in [2.75, 3.05) is 56.7 Å². The van der Waals surface area contributed by atoms with E-state index < -0.39 is 24.0 Å². The Labute approximate surface area is 361 Å². The maximum atomic E-state index is 12.5. The van der Waals surface area contributed by atoms with E-state index >= 15 is 0 Å². The number of hydrogen-bond donors (Lipinski definition) is 7. The zero-order valence-electron chi connectivity index (χ0n) is 34.4. The standard InChI is InChI=1S/C40H71Br2N5O11/c41-30-36(50)44-24-17-19-32(46-37(51)31-42)39(54)45-25-27-58-29-28-57-26-22-34(48)43-23-16-15-18-33(40(55)56)47-35(49)20-13-11-9-7-5-3-1-2-4-6-8-10-12-14-21-38(52)53/h32-33H,1-31H2,(H,43,48)(H,44,50)(H,45,54)(H,46,51)(H,47,49)(H,52,53)(H,55,56)/t32-,33-/m0/s1. The Morgan fingerprint density at radius 3 is 1.47 bits per heavy atom. The van der Waals surface area contributed by atoms with E-state index in [1.807, 2.05) is 0 Å². The Morgan fingerprint density at radius 1 is 0.431 bits per heavy atom. The summed E-state index contributed by atoms with van der Waals surface area (Å²) in [5.41, 5.74) is 0. The van der Waals surface area contributed by atoms with E-state index in [9.17, 15) is 38.7 Å². The first-order valence-corrected chi connectivity index (χ1v) is 23.4. The highest BCUT2D eigenvalue weighted by Gasteiger charge is 2.20. The molecule has 0 fully saturated rings. The van der Waals surface area contributed by atoms with Crippen LogP contribution in [0.3, 0.4) is 0 Å². The van der Waals surface area contributed by atoms with Crippen molar-refractivity contribution in [2.24, 2.45) is 0 Å². The predicted octanol–water partition coefficient (Wildman–Crippen LogP) is 4.88. The van der Waals surface area contributed by atoms with Crippen LogP contribution in [-0.2, 0) is 43.0 Å². The maximum Gasteiger partial charge on any atom is 0.326 e. The van der Waals surface area contributed by atoms with Crippen LogP contribution in [0, 0.1) is 0 Å². The molecule has 0 aromatic heterocycles. The third-order valence-electron chi connectivity index (χ3n) is 9.20. The molecule has 16 nitrogen and oxygen atoms in total. The van der Waals surface area contributed by atoms with Crippen LogP contribution < -0.4 is 26.6 Å². The second-order valence-corrected chi connectivity index (χ2v) is 15.4. The van der Waals surface area contributed by atoms with E-state index in [1.165, 1.54) is 44.9 Å². The van der Waals surface area contributed by atoms with Crippen LogP contribution in [0.15, 0.2) is 0 Å². The lowest BCUT2D eigenvalue weighted by Crippen LogP contribution is -2.48. The number of aliphatic carboxylic acids is 2. The Bertz CT molecular complexity index is 1150. The molecule has 0 unspecified atom stereocenters. The van der Waals surface area contributed by atoms with Crippen LogP contribution in [0.5, 0.6) is 0 Å². The molecule has 2 atom stereocenters. The Balaban J connectivity index is 3.83. The van der Waals surface area contributed by atoms with Crippen molar-refractivity contribution in [2.45, 2.75) is 153 Å². The number of hydrogen-bond acceptors (Lipinski definition) is 9. The first-order chi connectivity index (χ1) is 28.0. The summed E-state index contributed by atoms with van der Waals surface area (Å²) in [4.78, 5) is 82.3. The normalized spacial score (nSPS) is 12.0. The summed E-state index contributed by atoms with van der Waals surface area (Å²) >= 11 is 6.13. The lowest BCUT2D eigenvalue weighted by Gasteiger charge is -2.18. The van der Waals surface area contributed by atoms with Crippen molar-refractivity contribution < 1.29 is 53.2 Å². The van der Waals surface area contributed by atoms with E-state index in [-0.39, 0.29) is 92.4 Å². The second kappa shape index (κ2) is 39.6. The molecule has 18 heteroatoms. The number of nitrogens with one attached hydrogen (secondary N) is 5. The molecular weight excluding hydrogens is 886 g/mol. The van der Waals surface area contributed by atoms with Crippen LogP contribution >= 0.6 is 31.9 Å². The molecule has 58 heavy (non-hydrogen) atoms. The number of halogens is 2. The van der Waals surface area contributed by atoms with Crippen molar-refractivity contribution in [1.82, 2.24) is 26.6 Å². The van der Waals surface area contributed by atoms with Crippen molar-refractivity contribution in [3.63, 3.8) is 0 Å². The fraction of sp³-hybridized carbons (Fsp3) is 0.825. The van der Waals surface area contributed by atoms with Crippen LogP contribution in [0.1, 0.15) is 141 Å². The number of amides is 5. The van der Waals surface area contributed by atoms with Gasteiger partial charge in [0.05, 0.1) is 37.1 Å². The van der Waals surface area contributed by atoms with Crippen LogP contribution in [-0.4, -0.2) is 120 Å². The quantitative estimate of drug-likeness (QED) is 0.0322. The SMILES string of the molecule is O=C(O)CCCCCCCCCCCCCCCCC(=O)N[C@@H](CCCCNC(=O)CCOCCOCCNC(=O)[C@H](CCCNC(=O)CBr)NC(=O)CBr)C(=O)O. The van der Waals surface area contributed by atoms with Gasteiger partial charge in [0, 0.05) is 38.9 Å². The van der Waals surface area contributed by atoms with E-state index in [4.69, 9.17) is 14.6 Å². The minimum Gasteiger partial charge on any atom is -0.481 e. The van der Waals surface area contributed by atoms with E-state index in [0.717, 1.165) is 44.9 Å². The highest BCUT2D eigenvalue weighted by atomic mass is 79.9. The molecule has 0 saturated heterocycles. The highest BCUT2D eigenvalue weighted by Crippen LogP contribution is 2.14. The maximum absolute atomic E-state index is 12.5. The molecule has 0 aliphatic heterocycles. The minimum atomic E-state index is -1.07. The lowest BCUT2D eigenvalue weighted by molar-refractivity contribution is -0.142. The van der Waals surface area contributed by atoms with Gasteiger partial charge >= 0.3 is 11.9 Å². The summed E-state index contributed by atoms with van der Waals surface area (Å²) in [6.07, 6.45) is 18.3. The summed E-state index contributed by atoms with van der Waals surface area (Å²) in [5, 5.41) is 32.0. The smallest absolute Gasteiger partial charge is 0.326 e. The molecule has 336 valence electrons. The fourth-order valence-corrected chi connectivity index (χ4v) is 6.30. The monoisotopic (exact) mass is 955 g/mol. The Hall–Kier alpha value is -2.83. The first kappa shape index (κ1) is 55.2. The lowest BCUT2D eigenvalue weighted by atomic mass is 10.0. The number of ether oxygens (including phenoxy) is 2. The van der Waals surface area contributed by atoms with Gasteiger partial charge in [0.1, 0.15) is 12.1 Å². The zero-order valence-corrected chi connectivity index (χ0v) is 37.6. The van der Waals surface area contributed by atoms with Gasteiger partial charge in [-0.05, 0) is 44.9 Å². The molecule has 0 bridgehead atoms. The van der Waals surface area contributed by atoms with Crippen molar-refractivity contribution in [1.29, 1.82) is 0 Å². The zero-order chi connectivity index (χ0) is 43.1. The van der Waals surface area contributed by atoms with E-state index in [2.05, 4.69) is 58.4 Å². The molecular formula is C40H71Br2N5O11. The number of alkyl halides is 2. The molecule has 0 aromatic rings. The molecule has 0 spiro atoms. The number of rotatable bonds is 41. The van der Waals surface area contributed by atoms with Gasteiger partial charge in [0.25, 0.3) is 0 Å². The largest absolute Gasteiger partial charge is 0.481 e. The van der Waals surface area contributed by atoms with Crippen molar-refractivity contribution >= 4 is 73.3 Å². The number of carbonyl (C=O) groups excluding carboxylic acids is 5. The molecule has 0 heterocycles. The van der Waals surface area contributed by atoms with Gasteiger partial charge in [-0.1, -0.05) is 109 Å². The molecule has 0 radical (unpaired) electrons. The summed E-state index contributed by atoms with van der Waals surface area (Å²) in [6, 6.07) is -1.69.